The van der Waals surface area contributed by atoms with Gasteiger partial charge in [0.2, 0.25) is 0 Å². The van der Waals surface area contributed by atoms with Crippen LogP contribution in [0.25, 0.3) is 0 Å². The lowest BCUT2D eigenvalue weighted by atomic mass is 10.0. The van der Waals surface area contributed by atoms with Gasteiger partial charge in [-0.2, -0.15) is 0 Å². The van der Waals surface area contributed by atoms with Crippen LogP contribution in [0.4, 0.5) is 0 Å². The molecule has 0 aliphatic rings. The van der Waals surface area contributed by atoms with Crippen molar-refractivity contribution in [3.05, 3.63) is 31.7 Å². The zero-order chi connectivity index (χ0) is 10.0. The van der Waals surface area contributed by atoms with Gasteiger partial charge in [-0.15, -0.1) is 0 Å². The highest BCUT2D eigenvalue weighted by Gasteiger charge is 2.09. The van der Waals surface area contributed by atoms with Gasteiger partial charge in [-0.1, -0.05) is 51.8 Å². The summed E-state index contributed by atoms with van der Waals surface area (Å²) >= 11 is 7.28. The monoisotopic (exact) mass is 304 g/mol. The van der Waals surface area contributed by atoms with Crippen LogP contribution in [0.15, 0.2) is 15.0 Å². The molecule has 0 atom stereocenters. The Kier molecular flexibility index (Phi) is 3.99. The Morgan fingerprint density at radius 2 is 1.69 bits per heavy atom. The fourth-order valence-electron chi connectivity index (χ4n) is 1.48. The molecule has 0 N–H and O–H groups in total. The molecular formula is C11H14Br2. The number of hydrogen-bond donors (Lipinski definition) is 0. The van der Waals surface area contributed by atoms with Gasteiger partial charge in [-0.3, -0.25) is 0 Å². The van der Waals surface area contributed by atoms with E-state index in [1.165, 1.54) is 25.6 Å². The number of halogens is 2. The van der Waals surface area contributed by atoms with Crippen LogP contribution in [0.3, 0.4) is 0 Å². The highest BCUT2D eigenvalue weighted by atomic mass is 79.9. The fraction of sp³-hybridized carbons (Fsp3) is 0.455. The maximum absolute atomic E-state index is 3.66. The van der Waals surface area contributed by atoms with Gasteiger partial charge in [-0.05, 0) is 36.5 Å². The highest BCUT2D eigenvalue weighted by Crippen LogP contribution is 2.32. The minimum absolute atomic E-state index is 1.07. The van der Waals surface area contributed by atoms with E-state index in [2.05, 4.69) is 58.7 Å². The van der Waals surface area contributed by atoms with E-state index < -0.39 is 0 Å². The van der Waals surface area contributed by atoms with Crippen molar-refractivity contribution in [1.82, 2.24) is 0 Å². The molecule has 0 aromatic heterocycles. The standard InChI is InChI=1S/C11H14Br2/c1-4-8-6-7(3)10(12)9(5-2)11(8)13/h6H,4-5H2,1-3H3. The molecule has 0 aliphatic carbocycles. The van der Waals surface area contributed by atoms with E-state index in [0.717, 1.165) is 12.8 Å². The predicted molar refractivity (Wildman–Crippen MR) is 65.3 cm³/mol. The van der Waals surface area contributed by atoms with Gasteiger partial charge in [0.25, 0.3) is 0 Å². The van der Waals surface area contributed by atoms with Crippen molar-refractivity contribution in [3.8, 4) is 0 Å². The van der Waals surface area contributed by atoms with Crippen LogP contribution >= 0.6 is 31.9 Å². The number of hydrogen-bond acceptors (Lipinski definition) is 0. The predicted octanol–water partition coefficient (Wildman–Crippen LogP) is 4.64. The van der Waals surface area contributed by atoms with Crippen molar-refractivity contribution in [2.24, 2.45) is 0 Å². The Balaban J connectivity index is 3.39. The third-order valence-corrected chi connectivity index (χ3v) is 4.38. The molecule has 72 valence electrons. The largest absolute Gasteiger partial charge is 0.0613 e. The Morgan fingerprint density at radius 1 is 1.08 bits per heavy atom. The van der Waals surface area contributed by atoms with E-state index in [4.69, 9.17) is 0 Å². The van der Waals surface area contributed by atoms with Gasteiger partial charge in [-0.25, -0.2) is 0 Å². The maximum Gasteiger partial charge on any atom is 0.0250 e. The summed E-state index contributed by atoms with van der Waals surface area (Å²) in [5, 5.41) is 0. The molecular weight excluding hydrogens is 292 g/mol. The van der Waals surface area contributed by atoms with E-state index in [9.17, 15) is 0 Å². The van der Waals surface area contributed by atoms with Crippen LogP contribution in [0.2, 0.25) is 0 Å². The molecule has 0 saturated carbocycles. The van der Waals surface area contributed by atoms with Gasteiger partial charge in [0.05, 0.1) is 0 Å². The van der Waals surface area contributed by atoms with E-state index in [0.29, 0.717) is 0 Å². The molecule has 0 nitrogen and oxygen atoms in total. The smallest absolute Gasteiger partial charge is 0.0250 e. The second kappa shape index (κ2) is 4.61. The zero-order valence-electron chi connectivity index (χ0n) is 8.25. The average Bonchev–Trinajstić information content (AvgIpc) is 2.12. The Morgan fingerprint density at radius 3 is 2.15 bits per heavy atom. The molecule has 0 aliphatic heterocycles. The second-order valence-corrected chi connectivity index (χ2v) is 4.75. The van der Waals surface area contributed by atoms with Crippen LogP contribution in [0.1, 0.15) is 30.5 Å². The third-order valence-electron chi connectivity index (χ3n) is 2.28. The summed E-state index contributed by atoms with van der Waals surface area (Å²) in [5.41, 5.74) is 4.12. The third kappa shape index (κ3) is 2.16. The lowest BCUT2D eigenvalue weighted by Gasteiger charge is -2.12. The molecule has 0 spiro atoms. The lowest BCUT2D eigenvalue weighted by molar-refractivity contribution is 1.05. The molecule has 0 unspecified atom stereocenters. The van der Waals surface area contributed by atoms with Gasteiger partial charge in [0.1, 0.15) is 0 Å². The number of rotatable bonds is 2. The first-order valence-electron chi connectivity index (χ1n) is 4.58. The van der Waals surface area contributed by atoms with Gasteiger partial charge in [0.15, 0.2) is 0 Å². The number of aryl methyl sites for hydroxylation is 2. The Hall–Kier alpha value is 0.180. The average molecular weight is 306 g/mol. The summed E-state index contributed by atoms with van der Waals surface area (Å²) in [4.78, 5) is 0. The minimum Gasteiger partial charge on any atom is -0.0613 e. The molecule has 0 radical (unpaired) electrons. The van der Waals surface area contributed by atoms with Crippen LogP contribution < -0.4 is 0 Å². The topological polar surface area (TPSA) is 0 Å². The fourth-order valence-corrected chi connectivity index (χ4v) is 3.22. The zero-order valence-corrected chi connectivity index (χ0v) is 11.4. The van der Waals surface area contributed by atoms with Gasteiger partial charge in [0, 0.05) is 8.95 Å². The highest BCUT2D eigenvalue weighted by molar-refractivity contribution is 9.11. The van der Waals surface area contributed by atoms with Crippen LogP contribution in [-0.4, -0.2) is 0 Å². The van der Waals surface area contributed by atoms with Crippen molar-refractivity contribution in [3.63, 3.8) is 0 Å². The summed E-state index contributed by atoms with van der Waals surface area (Å²) in [5.74, 6) is 0. The first-order valence-corrected chi connectivity index (χ1v) is 6.16. The molecule has 1 aromatic carbocycles. The van der Waals surface area contributed by atoms with Crippen LogP contribution in [0, 0.1) is 6.92 Å². The molecule has 13 heavy (non-hydrogen) atoms. The summed E-state index contributed by atoms with van der Waals surface area (Å²) in [6, 6.07) is 2.24. The Bertz CT molecular complexity index is 316. The van der Waals surface area contributed by atoms with Crippen molar-refractivity contribution < 1.29 is 0 Å². The van der Waals surface area contributed by atoms with Gasteiger partial charge < -0.3 is 0 Å². The molecule has 0 heterocycles. The Labute approximate surface area is 97.0 Å². The van der Waals surface area contributed by atoms with Crippen LogP contribution in [0.5, 0.6) is 0 Å². The van der Waals surface area contributed by atoms with Gasteiger partial charge >= 0.3 is 0 Å². The molecule has 0 bridgehead atoms. The first-order chi connectivity index (χ1) is 6.11. The maximum atomic E-state index is 3.66. The molecule has 1 aromatic rings. The molecule has 0 saturated heterocycles. The molecule has 0 amide bonds. The normalized spacial score (nSPS) is 10.5. The van der Waals surface area contributed by atoms with Crippen molar-refractivity contribution in [2.75, 3.05) is 0 Å². The lowest BCUT2D eigenvalue weighted by Crippen LogP contribution is -1.94. The van der Waals surface area contributed by atoms with Crippen molar-refractivity contribution >= 4 is 31.9 Å². The molecule has 2 heteroatoms. The molecule has 0 fully saturated rings. The summed E-state index contributed by atoms with van der Waals surface area (Å²) in [6.07, 6.45) is 2.15. The van der Waals surface area contributed by atoms with E-state index >= 15 is 0 Å². The summed E-state index contributed by atoms with van der Waals surface area (Å²) < 4.78 is 2.52. The number of benzene rings is 1. The molecule has 1 rings (SSSR count). The summed E-state index contributed by atoms with van der Waals surface area (Å²) in [7, 11) is 0. The van der Waals surface area contributed by atoms with E-state index in [1.54, 1.807) is 0 Å². The van der Waals surface area contributed by atoms with E-state index in [-0.39, 0.29) is 0 Å². The first kappa shape index (κ1) is 11.3. The minimum atomic E-state index is 1.07. The quantitative estimate of drug-likeness (QED) is 0.746. The summed E-state index contributed by atoms with van der Waals surface area (Å²) in [6.45, 7) is 6.52. The van der Waals surface area contributed by atoms with Crippen LogP contribution in [-0.2, 0) is 12.8 Å². The van der Waals surface area contributed by atoms with E-state index in [1.807, 2.05) is 0 Å². The van der Waals surface area contributed by atoms with Crippen molar-refractivity contribution in [1.29, 1.82) is 0 Å². The second-order valence-electron chi connectivity index (χ2n) is 3.17. The SMILES string of the molecule is CCc1cc(C)c(Br)c(CC)c1Br. The van der Waals surface area contributed by atoms with Crippen molar-refractivity contribution in [2.45, 2.75) is 33.6 Å².